The molecule has 29 heavy (non-hydrogen) atoms. The summed E-state index contributed by atoms with van der Waals surface area (Å²) in [6, 6.07) is 10.8. The Morgan fingerprint density at radius 3 is 2.76 bits per heavy atom. The van der Waals surface area contributed by atoms with Gasteiger partial charge in [-0.15, -0.1) is 0 Å². The number of H-pyrrole nitrogens is 1. The van der Waals surface area contributed by atoms with Crippen LogP contribution in [0.3, 0.4) is 0 Å². The van der Waals surface area contributed by atoms with Crippen LogP contribution in [-0.2, 0) is 18.7 Å². The number of hydrogen-bond donors (Lipinski definition) is 2. The summed E-state index contributed by atoms with van der Waals surface area (Å²) in [6.45, 7) is 0.420. The number of hydrogen-bond acceptors (Lipinski definition) is 5. The van der Waals surface area contributed by atoms with Crippen molar-refractivity contribution in [3.8, 4) is 0 Å². The van der Waals surface area contributed by atoms with E-state index in [2.05, 4.69) is 20.1 Å². The van der Waals surface area contributed by atoms with Gasteiger partial charge in [0, 0.05) is 18.2 Å². The number of para-hydroxylation sites is 2. The van der Waals surface area contributed by atoms with Crippen LogP contribution in [0.5, 0.6) is 0 Å². The lowest BCUT2D eigenvalue weighted by Gasteiger charge is -2.32. The van der Waals surface area contributed by atoms with Gasteiger partial charge in [-0.25, -0.2) is 23.4 Å². The molecule has 9 heteroatoms. The van der Waals surface area contributed by atoms with Gasteiger partial charge in [0.05, 0.1) is 24.1 Å². The van der Waals surface area contributed by atoms with Crippen LogP contribution in [0, 0.1) is 11.6 Å². The second kappa shape index (κ2) is 7.69. The molecule has 4 rings (SSSR count). The first-order valence-corrected chi connectivity index (χ1v) is 9.05. The van der Waals surface area contributed by atoms with Crippen LogP contribution in [0.4, 0.5) is 8.78 Å². The minimum absolute atomic E-state index is 0.00847. The smallest absolute Gasteiger partial charge is 0.137 e. The lowest BCUT2D eigenvalue weighted by atomic mass is 9.92. The molecule has 0 aliphatic carbocycles. The number of likely N-dealkylation sites (N-methyl/N-ethyl adjacent to an activating group) is 1. The molecule has 150 valence electrons. The molecule has 0 spiro atoms. The van der Waals surface area contributed by atoms with Crippen molar-refractivity contribution in [1.82, 2.24) is 29.6 Å². The summed E-state index contributed by atoms with van der Waals surface area (Å²) in [7, 11) is 1.79. The molecule has 0 radical (unpaired) electrons. The number of imidazole rings is 1. The van der Waals surface area contributed by atoms with E-state index in [4.69, 9.17) is 0 Å². The van der Waals surface area contributed by atoms with Gasteiger partial charge >= 0.3 is 0 Å². The van der Waals surface area contributed by atoms with E-state index in [1.165, 1.54) is 23.4 Å². The first-order chi connectivity index (χ1) is 13.9. The largest absolute Gasteiger partial charge is 0.382 e. The number of nitrogens with zero attached hydrogens (tertiary/aromatic N) is 5. The molecule has 0 aliphatic rings. The van der Waals surface area contributed by atoms with Gasteiger partial charge in [0.15, 0.2) is 0 Å². The van der Waals surface area contributed by atoms with Crippen LogP contribution in [0.15, 0.2) is 55.1 Å². The molecule has 0 amide bonds. The maximum atomic E-state index is 14.5. The SMILES string of the molecule is CN(Cc1nc2ccccc2[nH]1)CC(O)(Cn1cncn1)c1ccc(F)cc1F. The highest BCUT2D eigenvalue weighted by Crippen LogP contribution is 2.28. The van der Waals surface area contributed by atoms with Crippen LogP contribution in [-0.4, -0.2) is 48.3 Å². The Kier molecular flexibility index (Phi) is 5.08. The summed E-state index contributed by atoms with van der Waals surface area (Å²) in [5.74, 6) is -0.800. The zero-order valence-corrected chi connectivity index (χ0v) is 15.8. The van der Waals surface area contributed by atoms with Crippen LogP contribution in [0.2, 0.25) is 0 Å². The lowest BCUT2D eigenvalue weighted by Crippen LogP contribution is -2.43. The number of halogens is 2. The quantitative estimate of drug-likeness (QED) is 0.500. The first-order valence-electron chi connectivity index (χ1n) is 9.05. The van der Waals surface area contributed by atoms with Gasteiger partial charge < -0.3 is 10.1 Å². The zero-order chi connectivity index (χ0) is 20.4. The molecule has 1 atom stereocenters. The third-order valence-corrected chi connectivity index (χ3v) is 4.71. The highest BCUT2D eigenvalue weighted by molar-refractivity contribution is 5.74. The third-order valence-electron chi connectivity index (χ3n) is 4.71. The van der Waals surface area contributed by atoms with E-state index in [1.807, 2.05) is 29.2 Å². The molecule has 0 saturated heterocycles. The highest BCUT2D eigenvalue weighted by atomic mass is 19.1. The average Bonchev–Trinajstić information content (AvgIpc) is 3.29. The summed E-state index contributed by atoms with van der Waals surface area (Å²) in [4.78, 5) is 13.4. The van der Waals surface area contributed by atoms with Gasteiger partial charge in [0.25, 0.3) is 0 Å². The number of aromatic nitrogens is 5. The summed E-state index contributed by atoms with van der Waals surface area (Å²) in [6.07, 6.45) is 2.77. The van der Waals surface area contributed by atoms with Crippen LogP contribution in [0.1, 0.15) is 11.4 Å². The van der Waals surface area contributed by atoms with E-state index in [-0.39, 0.29) is 18.7 Å². The maximum absolute atomic E-state index is 14.5. The van der Waals surface area contributed by atoms with Gasteiger partial charge in [0.2, 0.25) is 0 Å². The topological polar surface area (TPSA) is 82.9 Å². The summed E-state index contributed by atoms with van der Waals surface area (Å²) in [5.41, 5.74) is 0.0919. The Morgan fingerprint density at radius 1 is 1.21 bits per heavy atom. The van der Waals surface area contributed by atoms with Gasteiger partial charge in [-0.05, 0) is 25.2 Å². The van der Waals surface area contributed by atoms with E-state index in [9.17, 15) is 13.9 Å². The second-order valence-corrected chi connectivity index (χ2v) is 7.12. The Balaban J connectivity index is 1.60. The van der Waals surface area contributed by atoms with Crippen molar-refractivity contribution < 1.29 is 13.9 Å². The van der Waals surface area contributed by atoms with Crippen molar-refractivity contribution in [2.24, 2.45) is 0 Å². The molecule has 0 fully saturated rings. The normalized spacial score (nSPS) is 13.8. The Hall–Kier alpha value is -3.17. The van der Waals surface area contributed by atoms with Crippen LogP contribution >= 0.6 is 0 Å². The molecule has 0 saturated carbocycles. The number of benzene rings is 2. The molecule has 0 bridgehead atoms. The third kappa shape index (κ3) is 4.15. The van der Waals surface area contributed by atoms with Crippen molar-refractivity contribution in [1.29, 1.82) is 0 Å². The summed E-state index contributed by atoms with van der Waals surface area (Å²) >= 11 is 0. The lowest BCUT2D eigenvalue weighted by molar-refractivity contribution is -0.0178. The number of fused-ring (bicyclic) bond motifs is 1. The Morgan fingerprint density at radius 2 is 2.03 bits per heavy atom. The van der Waals surface area contributed by atoms with Crippen LogP contribution in [0.25, 0.3) is 11.0 Å². The monoisotopic (exact) mass is 398 g/mol. The van der Waals surface area contributed by atoms with Gasteiger partial charge in [-0.3, -0.25) is 4.90 Å². The molecular formula is C20H20F2N6O. The molecule has 1 unspecified atom stereocenters. The maximum Gasteiger partial charge on any atom is 0.137 e. The fraction of sp³-hybridized carbons (Fsp3) is 0.250. The molecule has 0 aliphatic heterocycles. The summed E-state index contributed by atoms with van der Waals surface area (Å²) < 4.78 is 29.3. The first kappa shape index (κ1) is 19.2. The molecule has 4 aromatic rings. The highest BCUT2D eigenvalue weighted by Gasteiger charge is 2.35. The van der Waals surface area contributed by atoms with Gasteiger partial charge in [-0.1, -0.05) is 18.2 Å². The number of aliphatic hydroxyl groups is 1. The van der Waals surface area contributed by atoms with Crippen molar-refractivity contribution in [2.75, 3.05) is 13.6 Å². The fourth-order valence-electron chi connectivity index (χ4n) is 3.51. The van der Waals surface area contributed by atoms with Crippen molar-refractivity contribution in [2.45, 2.75) is 18.7 Å². The number of rotatable bonds is 7. The molecule has 2 aromatic carbocycles. The summed E-state index contributed by atoms with van der Waals surface area (Å²) in [5, 5.41) is 15.4. The van der Waals surface area contributed by atoms with E-state index >= 15 is 0 Å². The second-order valence-electron chi connectivity index (χ2n) is 7.12. The molecule has 2 aromatic heterocycles. The predicted molar refractivity (Wildman–Crippen MR) is 103 cm³/mol. The van der Waals surface area contributed by atoms with E-state index in [1.54, 1.807) is 7.05 Å². The van der Waals surface area contributed by atoms with E-state index in [0.717, 1.165) is 29.0 Å². The minimum atomic E-state index is -1.66. The van der Waals surface area contributed by atoms with E-state index < -0.39 is 17.2 Å². The number of nitrogens with one attached hydrogen (secondary N) is 1. The van der Waals surface area contributed by atoms with Gasteiger partial charge in [0.1, 0.15) is 35.7 Å². The zero-order valence-electron chi connectivity index (χ0n) is 15.8. The molecule has 2 heterocycles. The molecule has 7 nitrogen and oxygen atoms in total. The average molecular weight is 398 g/mol. The molecule has 2 N–H and O–H groups in total. The number of aromatic amines is 1. The predicted octanol–water partition coefficient (Wildman–Crippen LogP) is 2.45. The molecular weight excluding hydrogens is 378 g/mol. The van der Waals surface area contributed by atoms with Crippen molar-refractivity contribution in [3.05, 3.63) is 78.1 Å². The standard InChI is InChI=1S/C20H20F2N6O/c1-27(9-19-25-17-4-2-3-5-18(17)26-19)10-20(29,11-28-13-23-12-24-28)15-7-6-14(21)8-16(15)22/h2-8,12-13,29H,9-11H2,1H3,(H,25,26). The Labute approximate surface area is 165 Å². The Bertz CT molecular complexity index is 1080. The van der Waals surface area contributed by atoms with E-state index in [0.29, 0.717) is 6.54 Å². The van der Waals surface area contributed by atoms with Crippen LogP contribution < -0.4 is 0 Å². The fourth-order valence-corrected chi connectivity index (χ4v) is 3.51. The van der Waals surface area contributed by atoms with Crippen molar-refractivity contribution in [3.63, 3.8) is 0 Å². The van der Waals surface area contributed by atoms with Gasteiger partial charge in [-0.2, -0.15) is 5.10 Å². The van der Waals surface area contributed by atoms with Crippen molar-refractivity contribution >= 4 is 11.0 Å². The minimum Gasteiger partial charge on any atom is -0.382 e.